The van der Waals surface area contributed by atoms with Crippen LogP contribution < -0.4 is 5.32 Å². The summed E-state index contributed by atoms with van der Waals surface area (Å²) in [6.07, 6.45) is 2.26. The maximum atomic E-state index is 12.6. The Morgan fingerprint density at radius 3 is 2.65 bits per heavy atom. The molecule has 0 unspecified atom stereocenters. The summed E-state index contributed by atoms with van der Waals surface area (Å²) in [5, 5.41) is 2.87. The van der Waals surface area contributed by atoms with Crippen LogP contribution >= 0.6 is 0 Å². The molecule has 2 heterocycles. The third-order valence-electron chi connectivity index (χ3n) is 4.80. The van der Waals surface area contributed by atoms with Gasteiger partial charge >= 0.3 is 6.18 Å². The summed E-state index contributed by atoms with van der Waals surface area (Å²) in [7, 11) is 0. The number of carbonyl (C=O) groups is 1. The highest BCUT2D eigenvalue weighted by Gasteiger charge is 2.45. The van der Waals surface area contributed by atoms with Crippen LogP contribution in [0.3, 0.4) is 0 Å². The molecule has 0 spiro atoms. The largest absolute Gasteiger partial charge is 0.401 e. The lowest BCUT2D eigenvalue weighted by molar-refractivity contribution is -0.151. The first-order valence-corrected chi connectivity index (χ1v) is 7.89. The molecule has 2 aliphatic rings. The van der Waals surface area contributed by atoms with Gasteiger partial charge in [0.15, 0.2) is 0 Å². The molecule has 23 heavy (non-hydrogen) atoms. The van der Waals surface area contributed by atoms with Crippen molar-refractivity contribution in [2.24, 2.45) is 0 Å². The summed E-state index contributed by atoms with van der Waals surface area (Å²) in [5.74, 6) is -0.285. The van der Waals surface area contributed by atoms with Crippen LogP contribution in [0.25, 0.3) is 0 Å². The van der Waals surface area contributed by atoms with E-state index in [0.29, 0.717) is 25.9 Å². The maximum absolute atomic E-state index is 12.6. The second-order valence-electron chi connectivity index (χ2n) is 6.48. The van der Waals surface area contributed by atoms with Crippen molar-refractivity contribution in [3.63, 3.8) is 0 Å². The van der Waals surface area contributed by atoms with Crippen molar-refractivity contribution in [1.29, 1.82) is 0 Å². The van der Waals surface area contributed by atoms with E-state index in [1.165, 1.54) is 4.90 Å². The standard InChI is InChI=1S/C16H20F3N3O/c17-16(18,19)11-22-9-1-2-13(22)14(23)21-10-15(5-6-15)12-3-7-20-8-4-12/h3-4,7-8,13H,1-2,5-6,9-11H2,(H,21,23)/t13-/m0/s1. The van der Waals surface area contributed by atoms with Crippen molar-refractivity contribution >= 4 is 5.91 Å². The molecule has 1 aliphatic carbocycles. The second kappa shape index (κ2) is 6.11. The van der Waals surface area contributed by atoms with Crippen LogP contribution in [0.4, 0.5) is 13.2 Å². The zero-order valence-corrected chi connectivity index (χ0v) is 12.8. The van der Waals surface area contributed by atoms with E-state index >= 15 is 0 Å². The van der Waals surface area contributed by atoms with E-state index < -0.39 is 18.8 Å². The normalized spacial score (nSPS) is 23.7. The minimum absolute atomic E-state index is 0.0634. The summed E-state index contributed by atoms with van der Waals surface area (Å²) in [6, 6.07) is 3.21. The first kappa shape index (κ1) is 16.2. The Hall–Kier alpha value is -1.63. The van der Waals surface area contributed by atoms with Gasteiger partial charge in [-0.25, -0.2) is 0 Å². The summed E-state index contributed by atoms with van der Waals surface area (Å²) < 4.78 is 37.7. The minimum atomic E-state index is -4.27. The van der Waals surface area contributed by atoms with E-state index in [2.05, 4.69) is 10.3 Å². The molecule has 1 saturated carbocycles. The van der Waals surface area contributed by atoms with Crippen molar-refractivity contribution in [3.05, 3.63) is 30.1 Å². The van der Waals surface area contributed by atoms with E-state index in [9.17, 15) is 18.0 Å². The number of hydrogen-bond acceptors (Lipinski definition) is 3. The van der Waals surface area contributed by atoms with E-state index in [0.717, 1.165) is 18.4 Å². The smallest absolute Gasteiger partial charge is 0.354 e. The van der Waals surface area contributed by atoms with Gasteiger partial charge in [-0.15, -0.1) is 0 Å². The van der Waals surface area contributed by atoms with Gasteiger partial charge in [0.1, 0.15) is 0 Å². The van der Waals surface area contributed by atoms with Crippen molar-refractivity contribution < 1.29 is 18.0 Å². The Morgan fingerprint density at radius 1 is 1.35 bits per heavy atom. The fourth-order valence-electron chi connectivity index (χ4n) is 3.34. The molecule has 1 aliphatic heterocycles. The van der Waals surface area contributed by atoms with E-state index in [1.807, 2.05) is 12.1 Å². The average Bonchev–Trinajstić information content (AvgIpc) is 3.17. The highest BCUT2D eigenvalue weighted by molar-refractivity contribution is 5.82. The maximum Gasteiger partial charge on any atom is 0.401 e. The summed E-state index contributed by atoms with van der Waals surface area (Å²) in [4.78, 5) is 17.5. The Balaban J connectivity index is 1.57. The Morgan fingerprint density at radius 2 is 2.04 bits per heavy atom. The Labute approximate surface area is 133 Å². The van der Waals surface area contributed by atoms with Gasteiger partial charge in [-0.3, -0.25) is 14.7 Å². The third-order valence-corrected chi connectivity index (χ3v) is 4.80. The number of amides is 1. The van der Waals surface area contributed by atoms with Crippen LogP contribution in [0.1, 0.15) is 31.2 Å². The lowest BCUT2D eigenvalue weighted by Gasteiger charge is -2.25. The van der Waals surface area contributed by atoms with Crippen molar-refractivity contribution in [3.8, 4) is 0 Å². The number of nitrogens with one attached hydrogen (secondary N) is 1. The van der Waals surface area contributed by atoms with Gasteiger partial charge < -0.3 is 5.32 Å². The molecule has 0 aromatic carbocycles. The van der Waals surface area contributed by atoms with Crippen molar-refractivity contribution in [2.45, 2.75) is 43.3 Å². The fraction of sp³-hybridized carbons (Fsp3) is 0.625. The molecule has 1 aromatic rings. The van der Waals surface area contributed by atoms with Crippen LogP contribution in [-0.2, 0) is 10.2 Å². The first-order valence-electron chi connectivity index (χ1n) is 7.89. The summed E-state index contributed by atoms with van der Waals surface area (Å²) in [6.45, 7) is -0.208. The number of halogens is 3. The third kappa shape index (κ3) is 3.83. The van der Waals surface area contributed by atoms with E-state index in [1.54, 1.807) is 12.4 Å². The molecule has 1 atom stereocenters. The average molecular weight is 327 g/mol. The molecule has 1 amide bonds. The number of alkyl halides is 3. The highest BCUT2D eigenvalue weighted by atomic mass is 19.4. The lowest BCUT2D eigenvalue weighted by atomic mass is 9.97. The molecule has 1 aromatic heterocycles. The molecule has 126 valence electrons. The monoisotopic (exact) mass is 327 g/mol. The molecule has 0 bridgehead atoms. The topological polar surface area (TPSA) is 45.2 Å². The molecule has 3 rings (SSSR count). The number of hydrogen-bond donors (Lipinski definition) is 1. The van der Waals surface area contributed by atoms with E-state index in [-0.39, 0.29) is 11.3 Å². The van der Waals surface area contributed by atoms with Crippen LogP contribution in [0.5, 0.6) is 0 Å². The molecular weight excluding hydrogens is 307 g/mol. The Kier molecular flexibility index (Phi) is 4.31. The number of carbonyl (C=O) groups excluding carboxylic acids is 1. The van der Waals surface area contributed by atoms with Gasteiger partial charge in [-0.1, -0.05) is 0 Å². The van der Waals surface area contributed by atoms with Gasteiger partial charge in [0.2, 0.25) is 5.91 Å². The van der Waals surface area contributed by atoms with Gasteiger partial charge in [0.05, 0.1) is 12.6 Å². The Bertz CT molecular complexity index is 557. The highest BCUT2D eigenvalue weighted by Crippen LogP contribution is 2.47. The molecule has 2 fully saturated rings. The number of rotatable bonds is 5. The minimum Gasteiger partial charge on any atom is -0.354 e. The van der Waals surface area contributed by atoms with Crippen LogP contribution in [0.2, 0.25) is 0 Å². The molecule has 4 nitrogen and oxygen atoms in total. The quantitative estimate of drug-likeness (QED) is 0.902. The molecule has 1 saturated heterocycles. The predicted molar refractivity (Wildman–Crippen MR) is 78.8 cm³/mol. The van der Waals surface area contributed by atoms with Crippen LogP contribution in [0.15, 0.2) is 24.5 Å². The molecule has 0 radical (unpaired) electrons. The molecule has 7 heteroatoms. The van der Waals surface area contributed by atoms with E-state index in [4.69, 9.17) is 0 Å². The SMILES string of the molecule is O=C(NCC1(c2ccncc2)CC1)[C@@H]1CCCN1CC(F)(F)F. The van der Waals surface area contributed by atoms with Gasteiger partial charge in [0, 0.05) is 24.4 Å². The summed E-state index contributed by atoms with van der Waals surface area (Å²) >= 11 is 0. The molecular formula is C16H20F3N3O. The summed E-state index contributed by atoms with van der Waals surface area (Å²) in [5.41, 5.74) is 1.07. The lowest BCUT2D eigenvalue weighted by Crippen LogP contribution is -2.48. The van der Waals surface area contributed by atoms with Crippen molar-refractivity contribution in [2.75, 3.05) is 19.6 Å². The molecule has 1 N–H and O–H groups in total. The van der Waals surface area contributed by atoms with Crippen molar-refractivity contribution in [1.82, 2.24) is 15.2 Å². The zero-order chi connectivity index (χ0) is 16.5. The number of nitrogens with zero attached hydrogens (tertiary/aromatic N) is 2. The van der Waals surface area contributed by atoms with Crippen LogP contribution in [-0.4, -0.2) is 47.6 Å². The predicted octanol–water partition coefficient (Wildman–Crippen LogP) is 2.26. The van der Waals surface area contributed by atoms with Crippen LogP contribution in [0, 0.1) is 0 Å². The fourth-order valence-corrected chi connectivity index (χ4v) is 3.34. The number of aromatic nitrogens is 1. The number of pyridine rings is 1. The van der Waals surface area contributed by atoms with Gasteiger partial charge in [-0.2, -0.15) is 13.2 Å². The van der Waals surface area contributed by atoms with Gasteiger partial charge in [0.25, 0.3) is 0 Å². The first-order chi connectivity index (χ1) is 10.9. The van der Waals surface area contributed by atoms with Gasteiger partial charge in [-0.05, 0) is 49.9 Å². The second-order valence-corrected chi connectivity index (χ2v) is 6.48. The zero-order valence-electron chi connectivity index (χ0n) is 12.8. The number of likely N-dealkylation sites (tertiary alicyclic amines) is 1.